The van der Waals surface area contributed by atoms with Crippen LogP contribution in [0.4, 0.5) is 32.1 Å². The van der Waals surface area contributed by atoms with Gasteiger partial charge in [0, 0.05) is 21.6 Å². The number of nitrogens with zero attached hydrogens (tertiary/aromatic N) is 2. The van der Waals surface area contributed by atoms with Crippen LogP contribution in [0, 0.1) is 5.82 Å². The summed E-state index contributed by atoms with van der Waals surface area (Å²) >= 11 is 3.24. The fourth-order valence-electron chi connectivity index (χ4n) is 2.97. The Hall–Kier alpha value is -3.72. The number of fused-ring (bicyclic) bond motifs is 1. The summed E-state index contributed by atoms with van der Waals surface area (Å²) in [5.74, 6) is 0.380. The number of carbonyl (C=O) groups is 1. The van der Waals surface area contributed by atoms with E-state index in [-0.39, 0.29) is 5.69 Å². The maximum absolute atomic E-state index is 14.3. The van der Waals surface area contributed by atoms with Gasteiger partial charge >= 0.3 is 6.03 Å². The molecule has 2 amide bonds. The van der Waals surface area contributed by atoms with E-state index in [9.17, 15) is 9.18 Å². The number of anilines is 4. The van der Waals surface area contributed by atoms with Crippen molar-refractivity contribution >= 4 is 55.7 Å². The van der Waals surface area contributed by atoms with Crippen LogP contribution >= 0.6 is 15.9 Å². The number of methoxy groups -OCH3 is 1. The van der Waals surface area contributed by atoms with E-state index >= 15 is 0 Å². The fourth-order valence-corrected chi connectivity index (χ4v) is 3.31. The monoisotopic (exact) mass is 481 g/mol. The molecule has 156 valence electrons. The quantitative estimate of drug-likeness (QED) is 0.328. The van der Waals surface area contributed by atoms with Crippen molar-refractivity contribution in [1.82, 2.24) is 9.97 Å². The number of benzene rings is 3. The highest BCUT2D eigenvalue weighted by atomic mass is 79.9. The summed E-state index contributed by atoms with van der Waals surface area (Å²) in [4.78, 5) is 21.0. The van der Waals surface area contributed by atoms with Gasteiger partial charge in [-0.3, -0.25) is 0 Å². The molecule has 0 saturated carbocycles. The summed E-state index contributed by atoms with van der Waals surface area (Å²) in [5.41, 5.74) is 1.89. The number of nitrogens with one attached hydrogen (secondary N) is 3. The van der Waals surface area contributed by atoms with Gasteiger partial charge in [-0.25, -0.2) is 19.2 Å². The molecule has 3 aromatic carbocycles. The Morgan fingerprint density at radius 2 is 1.81 bits per heavy atom. The molecule has 31 heavy (non-hydrogen) atoms. The molecule has 1 aromatic heterocycles. The van der Waals surface area contributed by atoms with Crippen molar-refractivity contribution in [3.8, 4) is 5.75 Å². The van der Waals surface area contributed by atoms with E-state index in [0.29, 0.717) is 38.3 Å². The van der Waals surface area contributed by atoms with Crippen molar-refractivity contribution in [3.05, 3.63) is 77.3 Å². The molecule has 9 heteroatoms. The van der Waals surface area contributed by atoms with E-state index in [1.165, 1.54) is 19.5 Å². The topological polar surface area (TPSA) is 88.2 Å². The zero-order valence-electron chi connectivity index (χ0n) is 16.3. The van der Waals surface area contributed by atoms with Crippen LogP contribution in [-0.4, -0.2) is 23.1 Å². The van der Waals surface area contributed by atoms with Crippen LogP contribution in [0.3, 0.4) is 0 Å². The molecule has 1 heterocycles. The highest BCUT2D eigenvalue weighted by Gasteiger charge is 2.14. The smallest absolute Gasteiger partial charge is 0.323 e. The molecule has 0 radical (unpaired) electrons. The van der Waals surface area contributed by atoms with Crippen LogP contribution in [0.5, 0.6) is 5.75 Å². The molecule has 0 spiro atoms. The summed E-state index contributed by atoms with van der Waals surface area (Å²) in [5, 5.41) is 9.09. The zero-order valence-corrected chi connectivity index (χ0v) is 17.9. The number of urea groups is 1. The van der Waals surface area contributed by atoms with E-state index in [2.05, 4.69) is 41.8 Å². The Morgan fingerprint density at radius 3 is 2.55 bits per heavy atom. The molecule has 0 atom stereocenters. The largest absolute Gasteiger partial charge is 0.494 e. The first-order chi connectivity index (χ1) is 15.0. The minimum Gasteiger partial charge on any atom is -0.494 e. The average Bonchev–Trinajstić information content (AvgIpc) is 2.76. The van der Waals surface area contributed by atoms with Crippen molar-refractivity contribution in [3.63, 3.8) is 0 Å². The summed E-state index contributed by atoms with van der Waals surface area (Å²) in [6.45, 7) is 0. The lowest BCUT2D eigenvalue weighted by atomic mass is 10.2. The molecule has 0 saturated heterocycles. The Morgan fingerprint density at radius 1 is 1.00 bits per heavy atom. The van der Waals surface area contributed by atoms with Crippen LogP contribution in [-0.2, 0) is 0 Å². The van der Waals surface area contributed by atoms with Gasteiger partial charge in [0.05, 0.1) is 24.0 Å². The van der Waals surface area contributed by atoms with Gasteiger partial charge in [-0.05, 0) is 36.4 Å². The standard InChI is InChI=1S/C22H17BrFN5O2/c1-31-20-11-18-15(10-19(20)29-22(30)27-14-5-3-2-4-6-14)21(26-12-25-18)28-17-8-7-13(23)9-16(17)24/h2-12H,1H3,(H,25,26,28)(H2,27,29,30). The molecule has 0 aliphatic heterocycles. The van der Waals surface area contributed by atoms with Gasteiger partial charge in [0.2, 0.25) is 0 Å². The van der Waals surface area contributed by atoms with Crippen molar-refractivity contribution in [1.29, 1.82) is 0 Å². The number of para-hydroxylation sites is 1. The Kier molecular flexibility index (Phi) is 5.94. The normalized spacial score (nSPS) is 10.5. The van der Waals surface area contributed by atoms with Crippen molar-refractivity contribution in [2.24, 2.45) is 0 Å². The van der Waals surface area contributed by atoms with E-state index in [0.717, 1.165) is 0 Å². The van der Waals surface area contributed by atoms with E-state index in [4.69, 9.17) is 4.74 Å². The fraction of sp³-hybridized carbons (Fsp3) is 0.0455. The second-order valence-electron chi connectivity index (χ2n) is 6.49. The van der Waals surface area contributed by atoms with Gasteiger partial charge in [-0.1, -0.05) is 34.1 Å². The maximum atomic E-state index is 14.3. The summed E-state index contributed by atoms with van der Waals surface area (Å²) in [6.07, 6.45) is 1.37. The first-order valence-electron chi connectivity index (χ1n) is 9.21. The number of carbonyl (C=O) groups excluding carboxylic acids is 1. The van der Waals surface area contributed by atoms with Crippen LogP contribution in [0.2, 0.25) is 0 Å². The molecular formula is C22H17BrFN5O2. The van der Waals surface area contributed by atoms with Crippen LogP contribution in [0.15, 0.2) is 71.5 Å². The molecule has 0 fully saturated rings. The predicted molar refractivity (Wildman–Crippen MR) is 123 cm³/mol. The van der Waals surface area contributed by atoms with E-state index in [1.807, 2.05) is 18.2 Å². The Balaban J connectivity index is 1.67. The predicted octanol–water partition coefficient (Wildman–Crippen LogP) is 5.93. The number of hydrogen-bond acceptors (Lipinski definition) is 5. The van der Waals surface area contributed by atoms with Crippen LogP contribution in [0.1, 0.15) is 0 Å². The van der Waals surface area contributed by atoms with E-state index < -0.39 is 11.8 Å². The number of halogens is 2. The molecule has 4 aromatic rings. The Bertz CT molecular complexity index is 1250. The average molecular weight is 482 g/mol. The molecular weight excluding hydrogens is 465 g/mol. The van der Waals surface area contributed by atoms with Gasteiger partial charge < -0.3 is 20.7 Å². The second kappa shape index (κ2) is 8.97. The second-order valence-corrected chi connectivity index (χ2v) is 7.40. The van der Waals surface area contributed by atoms with Crippen molar-refractivity contribution < 1.29 is 13.9 Å². The molecule has 7 nitrogen and oxygen atoms in total. The van der Waals surface area contributed by atoms with Gasteiger partial charge in [0.15, 0.2) is 0 Å². The van der Waals surface area contributed by atoms with Gasteiger partial charge in [0.25, 0.3) is 0 Å². The lowest BCUT2D eigenvalue weighted by Gasteiger charge is -2.14. The molecule has 0 aliphatic carbocycles. The molecule has 3 N–H and O–H groups in total. The number of amides is 2. The number of aromatic nitrogens is 2. The van der Waals surface area contributed by atoms with Gasteiger partial charge in [0.1, 0.15) is 23.7 Å². The van der Waals surface area contributed by atoms with Crippen LogP contribution in [0.25, 0.3) is 10.9 Å². The van der Waals surface area contributed by atoms with Crippen molar-refractivity contribution in [2.45, 2.75) is 0 Å². The number of hydrogen-bond donors (Lipinski definition) is 3. The minimum atomic E-state index is -0.436. The number of ether oxygens (including phenoxy) is 1. The molecule has 0 unspecified atom stereocenters. The van der Waals surface area contributed by atoms with Gasteiger partial charge in [-0.2, -0.15) is 0 Å². The van der Waals surface area contributed by atoms with Gasteiger partial charge in [-0.15, -0.1) is 0 Å². The summed E-state index contributed by atoms with van der Waals surface area (Å²) in [7, 11) is 1.50. The lowest BCUT2D eigenvalue weighted by molar-refractivity contribution is 0.262. The Labute approximate surface area is 185 Å². The third-order valence-corrected chi connectivity index (χ3v) is 4.91. The molecule has 0 aliphatic rings. The highest BCUT2D eigenvalue weighted by molar-refractivity contribution is 9.10. The maximum Gasteiger partial charge on any atom is 0.323 e. The zero-order chi connectivity index (χ0) is 21.8. The van der Waals surface area contributed by atoms with Crippen LogP contribution < -0.4 is 20.7 Å². The first-order valence-corrected chi connectivity index (χ1v) is 10.0. The SMILES string of the molecule is COc1cc2ncnc(Nc3ccc(Br)cc3F)c2cc1NC(=O)Nc1ccccc1. The third kappa shape index (κ3) is 4.72. The molecule has 0 bridgehead atoms. The number of rotatable bonds is 5. The van der Waals surface area contributed by atoms with E-state index in [1.54, 1.807) is 36.4 Å². The minimum absolute atomic E-state index is 0.260. The summed E-state index contributed by atoms with van der Waals surface area (Å²) in [6, 6.07) is 16.7. The molecule has 4 rings (SSSR count). The highest BCUT2D eigenvalue weighted by Crippen LogP contribution is 2.33. The summed E-state index contributed by atoms with van der Waals surface area (Å²) < 4.78 is 20.3. The lowest BCUT2D eigenvalue weighted by Crippen LogP contribution is -2.19. The van der Waals surface area contributed by atoms with Crippen molar-refractivity contribution in [2.75, 3.05) is 23.1 Å². The first kappa shape index (κ1) is 20.5. The third-order valence-electron chi connectivity index (χ3n) is 4.42.